The van der Waals surface area contributed by atoms with E-state index in [2.05, 4.69) is 11.4 Å². The molecular formula is C15H18N2O. The number of fused-ring (bicyclic) bond motifs is 2. The molecule has 0 aromatic heterocycles. The molecule has 2 fully saturated rings. The molecular weight excluding hydrogens is 224 g/mol. The number of rotatable bonds is 1. The van der Waals surface area contributed by atoms with Gasteiger partial charge in [-0.3, -0.25) is 0 Å². The van der Waals surface area contributed by atoms with E-state index in [4.69, 9.17) is 0 Å². The number of nitrogens with one attached hydrogen (secondary N) is 1. The van der Waals surface area contributed by atoms with E-state index >= 15 is 0 Å². The summed E-state index contributed by atoms with van der Waals surface area (Å²) in [5.74, 6) is 0. The highest BCUT2D eigenvalue weighted by Gasteiger charge is 2.44. The number of nitrogens with zero attached hydrogens (tertiary/aromatic N) is 1. The van der Waals surface area contributed by atoms with E-state index in [0.29, 0.717) is 17.6 Å². The first-order valence-corrected chi connectivity index (χ1v) is 6.61. The van der Waals surface area contributed by atoms with Crippen LogP contribution in [0.2, 0.25) is 0 Å². The number of hydrogen-bond donors (Lipinski definition) is 2. The molecule has 1 aromatic carbocycles. The molecule has 0 spiro atoms. The van der Waals surface area contributed by atoms with Crippen molar-refractivity contribution in [2.24, 2.45) is 0 Å². The third-order valence-electron chi connectivity index (χ3n) is 4.36. The smallest absolute Gasteiger partial charge is 0.0995 e. The van der Waals surface area contributed by atoms with Crippen LogP contribution in [0.15, 0.2) is 18.2 Å². The second-order valence-electron chi connectivity index (χ2n) is 5.69. The molecule has 2 bridgehead atoms. The van der Waals surface area contributed by atoms with Gasteiger partial charge in [0.2, 0.25) is 0 Å². The first-order valence-electron chi connectivity index (χ1n) is 6.61. The molecule has 0 aliphatic carbocycles. The highest BCUT2D eigenvalue weighted by Crippen LogP contribution is 2.42. The Morgan fingerprint density at radius 2 is 2.00 bits per heavy atom. The van der Waals surface area contributed by atoms with Crippen LogP contribution in [0.5, 0.6) is 0 Å². The Bertz CT molecular complexity index is 506. The molecule has 2 atom stereocenters. The van der Waals surface area contributed by atoms with Gasteiger partial charge in [-0.25, -0.2) is 0 Å². The van der Waals surface area contributed by atoms with Gasteiger partial charge in [-0.1, -0.05) is 12.1 Å². The average Bonchev–Trinajstić information content (AvgIpc) is 2.68. The minimum Gasteiger partial charge on any atom is -0.385 e. The number of aryl methyl sites for hydroxylation is 1. The Morgan fingerprint density at radius 3 is 2.61 bits per heavy atom. The van der Waals surface area contributed by atoms with Gasteiger partial charge in [-0.2, -0.15) is 5.26 Å². The molecule has 0 saturated carbocycles. The van der Waals surface area contributed by atoms with Gasteiger partial charge >= 0.3 is 0 Å². The van der Waals surface area contributed by atoms with E-state index in [1.807, 2.05) is 25.1 Å². The lowest BCUT2D eigenvalue weighted by Crippen LogP contribution is -2.47. The quantitative estimate of drug-likeness (QED) is 0.791. The Kier molecular flexibility index (Phi) is 2.65. The number of aliphatic hydroxyl groups is 1. The molecule has 1 aromatic rings. The molecule has 3 heteroatoms. The van der Waals surface area contributed by atoms with Crippen LogP contribution in [0.3, 0.4) is 0 Å². The predicted octanol–water partition coefficient (Wildman–Crippen LogP) is 1.97. The summed E-state index contributed by atoms with van der Waals surface area (Å²) in [7, 11) is 0. The summed E-state index contributed by atoms with van der Waals surface area (Å²) in [6.45, 7) is 1.98. The normalized spacial score (nSPS) is 34.3. The van der Waals surface area contributed by atoms with Crippen molar-refractivity contribution in [1.29, 1.82) is 5.26 Å². The van der Waals surface area contributed by atoms with Gasteiger partial charge in [-0.15, -0.1) is 0 Å². The van der Waals surface area contributed by atoms with Crippen LogP contribution in [0, 0.1) is 18.3 Å². The zero-order chi connectivity index (χ0) is 12.8. The van der Waals surface area contributed by atoms with E-state index in [1.54, 1.807) is 0 Å². The number of benzene rings is 1. The number of piperidine rings is 1. The van der Waals surface area contributed by atoms with Crippen molar-refractivity contribution in [3.05, 3.63) is 34.9 Å². The monoisotopic (exact) mass is 242 g/mol. The van der Waals surface area contributed by atoms with Crippen molar-refractivity contribution in [3.63, 3.8) is 0 Å². The molecule has 0 radical (unpaired) electrons. The summed E-state index contributed by atoms with van der Waals surface area (Å²) in [5.41, 5.74) is 1.68. The van der Waals surface area contributed by atoms with E-state index in [1.165, 1.54) is 0 Å². The maximum atomic E-state index is 11.0. The molecule has 0 amide bonds. The van der Waals surface area contributed by atoms with Gasteiger partial charge in [0.1, 0.15) is 0 Å². The minimum absolute atomic E-state index is 0.403. The molecule has 2 unspecified atom stereocenters. The largest absolute Gasteiger partial charge is 0.385 e. The molecule has 2 aliphatic heterocycles. The van der Waals surface area contributed by atoms with Crippen LogP contribution in [-0.2, 0) is 5.60 Å². The summed E-state index contributed by atoms with van der Waals surface area (Å²) in [6.07, 6.45) is 3.73. The van der Waals surface area contributed by atoms with Gasteiger partial charge in [0.15, 0.2) is 0 Å². The lowest BCUT2D eigenvalue weighted by Gasteiger charge is -2.38. The van der Waals surface area contributed by atoms with Crippen molar-refractivity contribution in [2.45, 2.75) is 50.3 Å². The van der Waals surface area contributed by atoms with Crippen molar-refractivity contribution >= 4 is 0 Å². The highest BCUT2D eigenvalue weighted by molar-refractivity contribution is 5.46. The van der Waals surface area contributed by atoms with Crippen molar-refractivity contribution in [1.82, 2.24) is 5.32 Å². The van der Waals surface area contributed by atoms with Crippen LogP contribution < -0.4 is 5.32 Å². The van der Waals surface area contributed by atoms with E-state index < -0.39 is 5.60 Å². The summed E-state index contributed by atoms with van der Waals surface area (Å²) < 4.78 is 0. The SMILES string of the molecule is Cc1cccc(C#N)c1C1(O)CC2CCC(C1)N2. The van der Waals surface area contributed by atoms with E-state index in [-0.39, 0.29) is 0 Å². The van der Waals surface area contributed by atoms with Crippen molar-refractivity contribution < 1.29 is 5.11 Å². The second-order valence-corrected chi connectivity index (χ2v) is 5.69. The van der Waals surface area contributed by atoms with Crippen molar-refractivity contribution in [3.8, 4) is 6.07 Å². The third kappa shape index (κ3) is 1.73. The Balaban J connectivity index is 2.07. The summed E-state index contributed by atoms with van der Waals surface area (Å²) in [5, 5.41) is 23.8. The fourth-order valence-electron chi connectivity index (χ4n) is 3.71. The predicted molar refractivity (Wildman–Crippen MR) is 69.0 cm³/mol. The highest BCUT2D eigenvalue weighted by atomic mass is 16.3. The van der Waals surface area contributed by atoms with Gasteiger partial charge in [-0.05, 0) is 44.2 Å². The zero-order valence-electron chi connectivity index (χ0n) is 10.6. The maximum Gasteiger partial charge on any atom is 0.0995 e. The van der Waals surface area contributed by atoms with Crippen LogP contribution in [0.25, 0.3) is 0 Å². The molecule has 3 nitrogen and oxygen atoms in total. The van der Waals surface area contributed by atoms with E-state index in [0.717, 1.165) is 36.8 Å². The Hall–Kier alpha value is -1.37. The molecule has 3 rings (SSSR count). The first kappa shape index (κ1) is 11.7. The van der Waals surface area contributed by atoms with Gasteiger partial charge in [0, 0.05) is 17.6 Å². The molecule has 94 valence electrons. The van der Waals surface area contributed by atoms with Gasteiger partial charge < -0.3 is 10.4 Å². The standard InChI is InChI=1S/C15H18N2O/c1-10-3-2-4-11(9-16)14(10)15(18)7-12-5-6-13(8-15)17-12/h2-4,12-13,17-18H,5-8H2,1H3. The molecule has 2 aliphatic rings. The van der Waals surface area contributed by atoms with Crippen LogP contribution in [0.1, 0.15) is 42.4 Å². The zero-order valence-corrected chi connectivity index (χ0v) is 10.6. The van der Waals surface area contributed by atoms with Crippen LogP contribution in [-0.4, -0.2) is 17.2 Å². The molecule has 2 saturated heterocycles. The van der Waals surface area contributed by atoms with Crippen LogP contribution in [0.4, 0.5) is 0 Å². The third-order valence-corrected chi connectivity index (χ3v) is 4.36. The average molecular weight is 242 g/mol. The fraction of sp³-hybridized carbons (Fsp3) is 0.533. The number of nitriles is 1. The van der Waals surface area contributed by atoms with E-state index in [9.17, 15) is 10.4 Å². The number of hydrogen-bond acceptors (Lipinski definition) is 3. The lowest BCUT2D eigenvalue weighted by molar-refractivity contribution is -0.0122. The minimum atomic E-state index is -0.826. The van der Waals surface area contributed by atoms with Crippen LogP contribution >= 0.6 is 0 Å². The van der Waals surface area contributed by atoms with Crippen molar-refractivity contribution in [2.75, 3.05) is 0 Å². The summed E-state index contributed by atoms with van der Waals surface area (Å²) in [6, 6.07) is 8.71. The lowest BCUT2D eigenvalue weighted by atomic mass is 9.77. The molecule has 2 heterocycles. The molecule has 18 heavy (non-hydrogen) atoms. The first-order chi connectivity index (χ1) is 8.62. The second kappa shape index (κ2) is 4.08. The Morgan fingerprint density at radius 1 is 1.33 bits per heavy atom. The van der Waals surface area contributed by atoms with Gasteiger partial charge in [0.05, 0.1) is 17.2 Å². The topological polar surface area (TPSA) is 56.0 Å². The summed E-state index contributed by atoms with van der Waals surface area (Å²) in [4.78, 5) is 0. The Labute approximate surface area is 107 Å². The van der Waals surface area contributed by atoms with Gasteiger partial charge in [0.25, 0.3) is 0 Å². The summed E-state index contributed by atoms with van der Waals surface area (Å²) >= 11 is 0. The maximum absolute atomic E-state index is 11.0. The fourth-order valence-corrected chi connectivity index (χ4v) is 3.71. The molecule has 2 N–H and O–H groups in total.